The molecule has 0 bridgehead atoms. The third-order valence-corrected chi connectivity index (χ3v) is 3.60. The van der Waals surface area contributed by atoms with Gasteiger partial charge in [0.05, 0.1) is 17.9 Å². The minimum absolute atomic E-state index is 0.785. The lowest BCUT2D eigenvalue weighted by molar-refractivity contribution is 0.713. The Balaban J connectivity index is 2.07. The SMILES string of the molecule is Cc1cc(CNc2ccc(C)c(Br)c2)n(C)n1. The summed E-state index contributed by atoms with van der Waals surface area (Å²) in [4.78, 5) is 0. The second kappa shape index (κ2) is 4.92. The summed E-state index contributed by atoms with van der Waals surface area (Å²) in [6.07, 6.45) is 0. The Kier molecular flexibility index (Phi) is 3.52. The summed E-state index contributed by atoms with van der Waals surface area (Å²) in [5, 5.41) is 7.71. The van der Waals surface area contributed by atoms with Gasteiger partial charge in [-0.15, -0.1) is 0 Å². The third-order valence-electron chi connectivity index (χ3n) is 2.74. The number of nitrogens with zero attached hydrogens (tertiary/aromatic N) is 2. The molecule has 0 aliphatic heterocycles. The van der Waals surface area contributed by atoms with Crippen molar-refractivity contribution in [3.63, 3.8) is 0 Å². The van der Waals surface area contributed by atoms with Crippen LogP contribution in [-0.2, 0) is 13.6 Å². The normalized spacial score (nSPS) is 10.6. The highest BCUT2D eigenvalue weighted by Gasteiger charge is 2.02. The third kappa shape index (κ3) is 2.88. The van der Waals surface area contributed by atoms with Gasteiger partial charge in [-0.25, -0.2) is 0 Å². The molecule has 1 heterocycles. The fraction of sp³-hybridized carbons (Fsp3) is 0.308. The molecule has 1 aromatic heterocycles. The first-order valence-corrected chi connectivity index (χ1v) is 6.35. The summed E-state index contributed by atoms with van der Waals surface area (Å²) in [6, 6.07) is 8.37. The molecule has 3 nitrogen and oxygen atoms in total. The molecule has 90 valence electrons. The van der Waals surface area contributed by atoms with Crippen molar-refractivity contribution >= 4 is 21.6 Å². The number of aromatic nitrogens is 2. The first-order valence-electron chi connectivity index (χ1n) is 5.56. The number of benzene rings is 1. The summed E-state index contributed by atoms with van der Waals surface area (Å²) in [5.41, 5.74) is 4.59. The maximum Gasteiger partial charge on any atom is 0.0597 e. The Hall–Kier alpha value is -1.29. The fourth-order valence-electron chi connectivity index (χ4n) is 1.73. The number of aryl methyl sites for hydroxylation is 3. The second-order valence-electron chi connectivity index (χ2n) is 4.22. The monoisotopic (exact) mass is 293 g/mol. The van der Waals surface area contributed by atoms with E-state index in [9.17, 15) is 0 Å². The number of halogens is 1. The van der Waals surface area contributed by atoms with Gasteiger partial charge in [-0.05, 0) is 37.6 Å². The van der Waals surface area contributed by atoms with Crippen molar-refractivity contribution in [3.8, 4) is 0 Å². The molecule has 0 spiro atoms. The van der Waals surface area contributed by atoms with Crippen LogP contribution in [0.25, 0.3) is 0 Å². The zero-order valence-electron chi connectivity index (χ0n) is 10.3. The zero-order valence-corrected chi connectivity index (χ0v) is 11.9. The van der Waals surface area contributed by atoms with Gasteiger partial charge in [-0.3, -0.25) is 4.68 Å². The summed E-state index contributed by atoms with van der Waals surface area (Å²) in [5.74, 6) is 0. The van der Waals surface area contributed by atoms with E-state index in [2.05, 4.69) is 57.5 Å². The van der Waals surface area contributed by atoms with Gasteiger partial charge in [0, 0.05) is 17.2 Å². The molecule has 2 aromatic rings. The molecule has 1 aromatic carbocycles. The van der Waals surface area contributed by atoms with Gasteiger partial charge in [-0.1, -0.05) is 22.0 Å². The van der Waals surface area contributed by atoms with Crippen molar-refractivity contribution < 1.29 is 0 Å². The van der Waals surface area contributed by atoms with E-state index < -0.39 is 0 Å². The van der Waals surface area contributed by atoms with Gasteiger partial charge in [0.25, 0.3) is 0 Å². The number of hydrogen-bond acceptors (Lipinski definition) is 2. The molecule has 0 atom stereocenters. The predicted molar refractivity (Wildman–Crippen MR) is 74.2 cm³/mol. The molecule has 0 aliphatic carbocycles. The quantitative estimate of drug-likeness (QED) is 0.940. The van der Waals surface area contributed by atoms with Crippen LogP contribution in [-0.4, -0.2) is 9.78 Å². The van der Waals surface area contributed by atoms with Crippen molar-refractivity contribution in [3.05, 3.63) is 45.7 Å². The van der Waals surface area contributed by atoms with E-state index in [1.807, 2.05) is 18.7 Å². The topological polar surface area (TPSA) is 29.9 Å². The van der Waals surface area contributed by atoms with Crippen LogP contribution in [0.2, 0.25) is 0 Å². The molecule has 17 heavy (non-hydrogen) atoms. The average molecular weight is 294 g/mol. The number of anilines is 1. The van der Waals surface area contributed by atoms with Crippen molar-refractivity contribution in [1.29, 1.82) is 0 Å². The van der Waals surface area contributed by atoms with Gasteiger partial charge in [0.1, 0.15) is 0 Å². The van der Waals surface area contributed by atoms with Crippen LogP contribution in [0, 0.1) is 13.8 Å². The van der Waals surface area contributed by atoms with E-state index >= 15 is 0 Å². The summed E-state index contributed by atoms with van der Waals surface area (Å²) in [7, 11) is 1.97. The highest BCUT2D eigenvalue weighted by molar-refractivity contribution is 9.10. The molecule has 0 radical (unpaired) electrons. The second-order valence-corrected chi connectivity index (χ2v) is 5.07. The lowest BCUT2D eigenvalue weighted by Gasteiger charge is -2.08. The van der Waals surface area contributed by atoms with Crippen LogP contribution in [0.15, 0.2) is 28.7 Å². The summed E-state index contributed by atoms with van der Waals surface area (Å²) < 4.78 is 3.04. The van der Waals surface area contributed by atoms with E-state index in [0.29, 0.717) is 0 Å². The van der Waals surface area contributed by atoms with Crippen LogP contribution < -0.4 is 5.32 Å². The van der Waals surface area contributed by atoms with Crippen molar-refractivity contribution in [2.45, 2.75) is 20.4 Å². The van der Waals surface area contributed by atoms with E-state index in [-0.39, 0.29) is 0 Å². The first-order chi connectivity index (χ1) is 8.06. The molecule has 0 saturated carbocycles. The smallest absolute Gasteiger partial charge is 0.0597 e. The molecular weight excluding hydrogens is 278 g/mol. The number of nitrogens with one attached hydrogen (secondary N) is 1. The Morgan fingerprint density at radius 3 is 2.65 bits per heavy atom. The summed E-state index contributed by atoms with van der Waals surface area (Å²) >= 11 is 3.53. The van der Waals surface area contributed by atoms with Crippen LogP contribution in [0.3, 0.4) is 0 Å². The Morgan fingerprint density at radius 2 is 2.06 bits per heavy atom. The van der Waals surface area contributed by atoms with Crippen LogP contribution in [0.4, 0.5) is 5.69 Å². The van der Waals surface area contributed by atoms with Gasteiger partial charge in [0.2, 0.25) is 0 Å². The fourth-order valence-corrected chi connectivity index (χ4v) is 2.10. The van der Waals surface area contributed by atoms with E-state index in [4.69, 9.17) is 0 Å². The Labute approximate surface area is 110 Å². The Bertz CT molecular complexity index is 531. The molecule has 0 aliphatic rings. The van der Waals surface area contributed by atoms with Gasteiger partial charge in [-0.2, -0.15) is 5.10 Å². The predicted octanol–water partition coefficient (Wildman–Crippen LogP) is 3.41. The minimum atomic E-state index is 0.785. The molecule has 0 fully saturated rings. The Morgan fingerprint density at radius 1 is 1.29 bits per heavy atom. The van der Waals surface area contributed by atoms with Crippen molar-refractivity contribution in [2.24, 2.45) is 7.05 Å². The molecule has 0 saturated heterocycles. The minimum Gasteiger partial charge on any atom is -0.379 e. The van der Waals surface area contributed by atoms with Crippen LogP contribution >= 0.6 is 15.9 Å². The number of hydrogen-bond donors (Lipinski definition) is 1. The van der Waals surface area contributed by atoms with Crippen LogP contribution in [0.1, 0.15) is 17.0 Å². The maximum atomic E-state index is 4.32. The van der Waals surface area contributed by atoms with Gasteiger partial charge >= 0.3 is 0 Å². The van der Waals surface area contributed by atoms with Crippen molar-refractivity contribution in [1.82, 2.24) is 9.78 Å². The van der Waals surface area contributed by atoms with E-state index in [1.54, 1.807) is 0 Å². The highest BCUT2D eigenvalue weighted by Crippen LogP contribution is 2.21. The molecular formula is C13H16BrN3. The van der Waals surface area contributed by atoms with E-state index in [1.165, 1.54) is 11.3 Å². The number of rotatable bonds is 3. The largest absolute Gasteiger partial charge is 0.379 e. The lowest BCUT2D eigenvalue weighted by atomic mass is 10.2. The molecule has 4 heteroatoms. The summed E-state index contributed by atoms with van der Waals surface area (Å²) in [6.45, 7) is 4.87. The van der Waals surface area contributed by atoms with Gasteiger partial charge < -0.3 is 5.32 Å². The highest BCUT2D eigenvalue weighted by atomic mass is 79.9. The zero-order chi connectivity index (χ0) is 12.4. The lowest BCUT2D eigenvalue weighted by Crippen LogP contribution is -2.05. The van der Waals surface area contributed by atoms with Gasteiger partial charge in [0.15, 0.2) is 0 Å². The molecule has 1 N–H and O–H groups in total. The first kappa shape index (κ1) is 12.2. The average Bonchev–Trinajstić information content (AvgIpc) is 2.59. The van der Waals surface area contributed by atoms with E-state index in [0.717, 1.165) is 22.4 Å². The maximum absolute atomic E-state index is 4.32. The molecule has 0 unspecified atom stereocenters. The molecule has 0 amide bonds. The van der Waals surface area contributed by atoms with Crippen LogP contribution in [0.5, 0.6) is 0 Å². The molecule has 2 rings (SSSR count). The van der Waals surface area contributed by atoms with Crippen molar-refractivity contribution in [2.75, 3.05) is 5.32 Å². The standard InChI is InChI=1S/C13H16BrN3/c1-9-4-5-11(7-13(9)14)15-8-12-6-10(2)16-17(12)3/h4-7,15H,8H2,1-3H3.